The van der Waals surface area contributed by atoms with Gasteiger partial charge in [-0.1, -0.05) is 18.2 Å². The van der Waals surface area contributed by atoms with E-state index < -0.39 is 0 Å². The number of anilines is 5. The Morgan fingerprint density at radius 1 is 0.816 bits per heavy atom. The number of ether oxygens (including phenoxy) is 1. The Morgan fingerprint density at radius 3 is 2.18 bits per heavy atom. The van der Waals surface area contributed by atoms with Crippen molar-refractivity contribution in [3.05, 3.63) is 108 Å². The van der Waals surface area contributed by atoms with Gasteiger partial charge < -0.3 is 20.7 Å². The number of rotatable bonds is 8. The normalized spacial score (nSPS) is 10.6. The SMILES string of the molecule is COc1ccc(Nc2cc(C)nc(Nc3ccc(NC(=O)c4cnn(-c5ccccc5)c4C)cc3)n2)cc1. The Morgan fingerprint density at radius 2 is 1.47 bits per heavy atom. The highest BCUT2D eigenvalue weighted by Crippen LogP contribution is 2.23. The third-order valence-corrected chi connectivity index (χ3v) is 5.87. The number of carbonyl (C=O) groups is 1. The van der Waals surface area contributed by atoms with Crippen molar-refractivity contribution in [1.82, 2.24) is 19.7 Å². The standard InChI is InChI=1S/C29H27N7O2/c1-19-17-27(32-21-13-15-25(38-3)16-14-21)35-29(31-19)34-23-11-9-22(10-12-23)33-28(37)26-18-30-36(20(26)2)24-7-5-4-6-8-24/h4-18H,1-3H3,(H,33,37)(H2,31,32,34,35). The van der Waals surface area contributed by atoms with Crippen LogP contribution in [0.25, 0.3) is 5.69 Å². The number of carbonyl (C=O) groups excluding carboxylic acids is 1. The Labute approximate surface area is 220 Å². The van der Waals surface area contributed by atoms with E-state index in [0.29, 0.717) is 23.0 Å². The van der Waals surface area contributed by atoms with Gasteiger partial charge in [0, 0.05) is 28.8 Å². The summed E-state index contributed by atoms with van der Waals surface area (Å²) in [5.74, 6) is 1.69. The number of methoxy groups -OCH3 is 1. The monoisotopic (exact) mass is 505 g/mol. The van der Waals surface area contributed by atoms with Crippen molar-refractivity contribution in [2.75, 3.05) is 23.1 Å². The van der Waals surface area contributed by atoms with Crippen molar-refractivity contribution >= 4 is 34.7 Å². The molecule has 0 fully saturated rings. The van der Waals surface area contributed by atoms with Gasteiger partial charge in [-0.3, -0.25) is 4.79 Å². The molecular weight excluding hydrogens is 478 g/mol. The summed E-state index contributed by atoms with van der Waals surface area (Å²) in [5, 5.41) is 13.8. The highest BCUT2D eigenvalue weighted by atomic mass is 16.5. The molecule has 0 saturated carbocycles. The topological polar surface area (TPSA) is 106 Å². The lowest BCUT2D eigenvalue weighted by Crippen LogP contribution is -2.13. The molecule has 5 rings (SSSR count). The highest BCUT2D eigenvalue weighted by Gasteiger charge is 2.15. The number of nitrogens with zero attached hydrogens (tertiary/aromatic N) is 4. The van der Waals surface area contributed by atoms with Gasteiger partial charge in [0.1, 0.15) is 11.6 Å². The van der Waals surface area contributed by atoms with Crippen LogP contribution in [0.4, 0.5) is 28.8 Å². The molecule has 1 amide bonds. The van der Waals surface area contributed by atoms with Gasteiger partial charge in [-0.25, -0.2) is 9.67 Å². The molecule has 0 saturated heterocycles. The van der Waals surface area contributed by atoms with Crippen molar-refractivity contribution in [3.63, 3.8) is 0 Å². The van der Waals surface area contributed by atoms with Gasteiger partial charge in [-0.2, -0.15) is 10.1 Å². The summed E-state index contributed by atoms with van der Waals surface area (Å²) in [6, 6.07) is 26.6. The van der Waals surface area contributed by atoms with Crippen molar-refractivity contribution < 1.29 is 9.53 Å². The lowest BCUT2D eigenvalue weighted by Gasteiger charge is -2.11. The molecule has 38 heavy (non-hydrogen) atoms. The van der Waals surface area contributed by atoms with Crippen LogP contribution >= 0.6 is 0 Å². The fourth-order valence-corrected chi connectivity index (χ4v) is 3.94. The van der Waals surface area contributed by atoms with E-state index in [4.69, 9.17) is 4.74 Å². The summed E-state index contributed by atoms with van der Waals surface area (Å²) in [6.45, 7) is 3.79. The zero-order chi connectivity index (χ0) is 26.5. The van der Waals surface area contributed by atoms with Crippen LogP contribution in [-0.2, 0) is 0 Å². The first kappa shape index (κ1) is 24.5. The minimum atomic E-state index is -0.221. The zero-order valence-corrected chi connectivity index (χ0v) is 21.3. The number of nitrogens with one attached hydrogen (secondary N) is 3. The fraction of sp³-hybridized carbons (Fsp3) is 0.103. The third kappa shape index (κ3) is 5.62. The van der Waals surface area contributed by atoms with E-state index >= 15 is 0 Å². The van der Waals surface area contributed by atoms with E-state index in [-0.39, 0.29) is 5.91 Å². The minimum Gasteiger partial charge on any atom is -0.497 e. The maximum absolute atomic E-state index is 12.9. The Bertz CT molecular complexity index is 1550. The Kier molecular flexibility index (Phi) is 6.99. The van der Waals surface area contributed by atoms with E-state index in [1.807, 2.05) is 98.8 Å². The number of aromatic nitrogens is 4. The van der Waals surface area contributed by atoms with Gasteiger partial charge in [0.2, 0.25) is 5.95 Å². The summed E-state index contributed by atoms with van der Waals surface area (Å²) >= 11 is 0. The quantitative estimate of drug-likeness (QED) is 0.236. The van der Waals surface area contributed by atoms with Crippen molar-refractivity contribution in [3.8, 4) is 11.4 Å². The summed E-state index contributed by atoms with van der Waals surface area (Å²) in [6.07, 6.45) is 1.58. The molecule has 0 aliphatic rings. The molecule has 3 N–H and O–H groups in total. The number of hydrogen-bond acceptors (Lipinski definition) is 7. The lowest BCUT2D eigenvalue weighted by molar-refractivity contribution is 0.102. The molecule has 0 radical (unpaired) electrons. The number of hydrogen-bond donors (Lipinski definition) is 3. The van der Waals surface area contributed by atoms with Gasteiger partial charge in [0.25, 0.3) is 5.91 Å². The highest BCUT2D eigenvalue weighted by molar-refractivity contribution is 6.05. The summed E-state index contributed by atoms with van der Waals surface area (Å²) < 4.78 is 6.96. The number of para-hydroxylation sites is 1. The van der Waals surface area contributed by atoms with E-state index in [0.717, 1.165) is 34.2 Å². The van der Waals surface area contributed by atoms with Crippen LogP contribution in [0, 0.1) is 13.8 Å². The molecule has 9 nitrogen and oxygen atoms in total. The number of amides is 1. The van der Waals surface area contributed by atoms with Gasteiger partial charge in [-0.05, 0) is 74.5 Å². The molecule has 2 heterocycles. The second-order valence-electron chi connectivity index (χ2n) is 8.62. The average molecular weight is 506 g/mol. The Hall–Kier alpha value is -5.18. The average Bonchev–Trinajstić information content (AvgIpc) is 3.32. The van der Waals surface area contributed by atoms with Crippen LogP contribution < -0.4 is 20.7 Å². The smallest absolute Gasteiger partial charge is 0.259 e. The van der Waals surface area contributed by atoms with Crippen molar-refractivity contribution in [1.29, 1.82) is 0 Å². The van der Waals surface area contributed by atoms with Gasteiger partial charge in [0.15, 0.2) is 0 Å². The van der Waals surface area contributed by atoms with E-state index in [2.05, 4.69) is 31.0 Å². The molecule has 0 spiro atoms. The second kappa shape index (κ2) is 10.8. The van der Waals surface area contributed by atoms with Crippen LogP contribution in [-0.4, -0.2) is 32.8 Å². The minimum absolute atomic E-state index is 0.221. The summed E-state index contributed by atoms with van der Waals surface area (Å²) in [4.78, 5) is 22.0. The van der Waals surface area contributed by atoms with Gasteiger partial charge >= 0.3 is 0 Å². The summed E-state index contributed by atoms with van der Waals surface area (Å²) in [7, 11) is 1.64. The maximum atomic E-state index is 12.9. The van der Waals surface area contributed by atoms with Crippen LogP contribution in [0.1, 0.15) is 21.7 Å². The predicted octanol–water partition coefficient (Wildman–Crippen LogP) is 6.03. The lowest BCUT2D eigenvalue weighted by atomic mass is 10.2. The zero-order valence-electron chi connectivity index (χ0n) is 21.3. The number of benzene rings is 3. The summed E-state index contributed by atoms with van der Waals surface area (Å²) in [5.41, 5.74) is 5.34. The van der Waals surface area contributed by atoms with E-state index in [1.54, 1.807) is 18.0 Å². The molecule has 2 aromatic heterocycles. The molecule has 0 aliphatic heterocycles. The molecule has 9 heteroatoms. The van der Waals surface area contributed by atoms with E-state index in [9.17, 15) is 4.79 Å². The van der Waals surface area contributed by atoms with Crippen LogP contribution in [0.15, 0.2) is 91.1 Å². The van der Waals surface area contributed by atoms with Crippen molar-refractivity contribution in [2.45, 2.75) is 13.8 Å². The number of aryl methyl sites for hydroxylation is 1. The second-order valence-corrected chi connectivity index (χ2v) is 8.62. The van der Waals surface area contributed by atoms with Gasteiger partial charge in [-0.15, -0.1) is 0 Å². The molecule has 190 valence electrons. The molecule has 0 atom stereocenters. The molecule has 0 bridgehead atoms. The van der Waals surface area contributed by atoms with Crippen LogP contribution in [0.2, 0.25) is 0 Å². The molecule has 0 unspecified atom stereocenters. The van der Waals surface area contributed by atoms with E-state index in [1.165, 1.54) is 0 Å². The fourth-order valence-electron chi connectivity index (χ4n) is 3.94. The molecule has 0 aliphatic carbocycles. The first-order valence-electron chi connectivity index (χ1n) is 12.0. The first-order valence-corrected chi connectivity index (χ1v) is 12.0. The predicted molar refractivity (Wildman–Crippen MR) is 149 cm³/mol. The molecule has 5 aromatic rings. The molecule has 3 aromatic carbocycles. The largest absolute Gasteiger partial charge is 0.497 e. The van der Waals surface area contributed by atoms with Crippen LogP contribution in [0.3, 0.4) is 0 Å². The molecular formula is C29H27N7O2. The maximum Gasteiger partial charge on any atom is 0.259 e. The third-order valence-electron chi connectivity index (χ3n) is 5.87. The first-order chi connectivity index (χ1) is 18.5. The van der Waals surface area contributed by atoms with Gasteiger partial charge in [0.05, 0.1) is 30.3 Å². The van der Waals surface area contributed by atoms with Crippen LogP contribution in [0.5, 0.6) is 5.75 Å². The Balaban J connectivity index is 1.24. The van der Waals surface area contributed by atoms with Crippen molar-refractivity contribution in [2.24, 2.45) is 0 Å².